The minimum Gasteiger partial charge on any atom is -0.497 e. The molecule has 90 valence electrons. The second kappa shape index (κ2) is 4.45. The van der Waals surface area contributed by atoms with Gasteiger partial charge in [0.2, 0.25) is 0 Å². The highest BCUT2D eigenvalue weighted by Gasteiger charge is 2.36. The fourth-order valence-corrected chi connectivity index (χ4v) is 1.77. The molecule has 0 fully saturated rings. The summed E-state index contributed by atoms with van der Waals surface area (Å²) in [5.41, 5.74) is 0.777. The molecule has 1 aliphatic rings. The normalized spacial score (nSPS) is 22.8. The van der Waals surface area contributed by atoms with Crippen LogP contribution in [-0.4, -0.2) is 30.1 Å². The van der Waals surface area contributed by atoms with Gasteiger partial charge in [0, 0.05) is 6.92 Å². The largest absolute Gasteiger partial charge is 0.497 e. The van der Waals surface area contributed by atoms with Gasteiger partial charge in [-0.1, -0.05) is 12.1 Å². The zero-order valence-electron chi connectivity index (χ0n) is 9.58. The second-order valence-corrected chi connectivity index (χ2v) is 3.74. The van der Waals surface area contributed by atoms with Crippen LogP contribution in [0.3, 0.4) is 0 Å². The van der Waals surface area contributed by atoms with E-state index >= 15 is 0 Å². The lowest BCUT2D eigenvalue weighted by molar-refractivity contribution is -0.140. The molecule has 0 radical (unpaired) electrons. The van der Waals surface area contributed by atoms with Gasteiger partial charge in [-0.25, -0.2) is 9.79 Å². The van der Waals surface area contributed by atoms with Crippen LogP contribution < -0.4 is 4.74 Å². The molecule has 0 aromatic heterocycles. The van der Waals surface area contributed by atoms with Crippen LogP contribution in [0, 0.1) is 0 Å². The Kier molecular flexibility index (Phi) is 2.99. The van der Waals surface area contributed by atoms with Crippen LogP contribution in [0.1, 0.15) is 18.6 Å². The summed E-state index contributed by atoms with van der Waals surface area (Å²) in [5.74, 6) is 0.136. The third kappa shape index (κ3) is 2.22. The Morgan fingerprint density at radius 1 is 1.41 bits per heavy atom. The number of methoxy groups -OCH3 is 1. The number of carboxylic acids is 1. The molecule has 17 heavy (non-hydrogen) atoms. The van der Waals surface area contributed by atoms with Crippen molar-refractivity contribution in [2.24, 2.45) is 4.99 Å². The van der Waals surface area contributed by atoms with E-state index in [2.05, 4.69) is 4.99 Å². The maximum atomic E-state index is 11.0. The lowest BCUT2D eigenvalue weighted by Gasteiger charge is -2.15. The Morgan fingerprint density at radius 2 is 2.06 bits per heavy atom. The summed E-state index contributed by atoms with van der Waals surface area (Å²) >= 11 is 0. The van der Waals surface area contributed by atoms with Gasteiger partial charge < -0.3 is 14.6 Å². The molecule has 0 bridgehead atoms. The Hall–Kier alpha value is -2.04. The summed E-state index contributed by atoms with van der Waals surface area (Å²) < 4.78 is 10.5. The Balaban J connectivity index is 2.24. The first-order valence-electron chi connectivity index (χ1n) is 5.19. The number of carbonyl (C=O) groups is 1. The Labute approximate surface area is 98.7 Å². The average Bonchev–Trinajstić information content (AvgIpc) is 2.72. The molecule has 0 amide bonds. The van der Waals surface area contributed by atoms with Crippen LogP contribution in [0.5, 0.6) is 5.75 Å². The number of hydrogen-bond acceptors (Lipinski definition) is 4. The van der Waals surface area contributed by atoms with Crippen molar-refractivity contribution in [3.05, 3.63) is 29.8 Å². The van der Waals surface area contributed by atoms with Crippen molar-refractivity contribution in [1.82, 2.24) is 0 Å². The first-order valence-corrected chi connectivity index (χ1v) is 5.19. The number of benzene rings is 1. The average molecular weight is 235 g/mol. The first kappa shape index (κ1) is 11.4. The predicted octanol–water partition coefficient (Wildman–Crippen LogP) is 1.64. The third-order valence-electron chi connectivity index (χ3n) is 2.60. The predicted molar refractivity (Wildman–Crippen MR) is 61.4 cm³/mol. The van der Waals surface area contributed by atoms with Gasteiger partial charge in [-0.3, -0.25) is 0 Å². The monoisotopic (exact) mass is 235 g/mol. The van der Waals surface area contributed by atoms with Crippen molar-refractivity contribution in [2.75, 3.05) is 7.11 Å². The van der Waals surface area contributed by atoms with E-state index in [9.17, 15) is 4.79 Å². The molecule has 1 N–H and O–H groups in total. The summed E-state index contributed by atoms with van der Waals surface area (Å²) in [7, 11) is 1.58. The first-order chi connectivity index (χ1) is 8.11. The van der Waals surface area contributed by atoms with Gasteiger partial charge in [0.1, 0.15) is 5.75 Å². The summed E-state index contributed by atoms with van der Waals surface area (Å²) in [6.45, 7) is 1.65. The maximum Gasteiger partial charge on any atom is 0.332 e. The topological polar surface area (TPSA) is 68.1 Å². The summed E-state index contributed by atoms with van der Waals surface area (Å²) in [6.07, 6.45) is -0.557. The standard InChI is InChI=1S/C12H13NO4/c1-7-13-10(12(14)15)11(17-7)8-3-5-9(16-2)6-4-8/h3-6,10-11H,1-2H3,(H,14,15). The quantitative estimate of drug-likeness (QED) is 0.864. The van der Waals surface area contributed by atoms with E-state index in [1.54, 1.807) is 38.3 Å². The molecule has 0 spiro atoms. The van der Waals surface area contributed by atoms with Crippen molar-refractivity contribution in [3.8, 4) is 5.75 Å². The van der Waals surface area contributed by atoms with Gasteiger partial charge >= 0.3 is 5.97 Å². The van der Waals surface area contributed by atoms with E-state index in [1.165, 1.54) is 0 Å². The van der Waals surface area contributed by atoms with Crippen LogP contribution in [0.2, 0.25) is 0 Å². The van der Waals surface area contributed by atoms with Crippen molar-refractivity contribution in [3.63, 3.8) is 0 Å². The number of carboxylic acid groups (broad SMARTS) is 1. The molecular weight excluding hydrogens is 222 g/mol. The lowest BCUT2D eigenvalue weighted by Crippen LogP contribution is -2.23. The maximum absolute atomic E-state index is 11.0. The molecule has 0 saturated heterocycles. The smallest absolute Gasteiger partial charge is 0.332 e. The van der Waals surface area contributed by atoms with E-state index in [0.29, 0.717) is 5.90 Å². The van der Waals surface area contributed by atoms with Crippen molar-refractivity contribution < 1.29 is 19.4 Å². The number of hydrogen-bond donors (Lipinski definition) is 1. The van der Waals surface area contributed by atoms with Gasteiger partial charge in [-0.2, -0.15) is 0 Å². The highest BCUT2D eigenvalue weighted by atomic mass is 16.5. The fourth-order valence-electron chi connectivity index (χ4n) is 1.77. The van der Waals surface area contributed by atoms with Crippen LogP contribution in [-0.2, 0) is 9.53 Å². The fraction of sp³-hybridized carbons (Fsp3) is 0.333. The van der Waals surface area contributed by atoms with Gasteiger partial charge in [-0.05, 0) is 17.7 Å². The molecule has 1 aliphatic heterocycles. The van der Waals surface area contributed by atoms with Gasteiger partial charge in [-0.15, -0.1) is 0 Å². The summed E-state index contributed by atoms with van der Waals surface area (Å²) in [4.78, 5) is 15.0. The van der Waals surface area contributed by atoms with Crippen molar-refractivity contribution in [1.29, 1.82) is 0 Å². The zero-order valence-corrected chi connectivity index (χ0v) is 9.58. The Morgan fingerprint density at radius 3 is 2.59 bits per heavy atom. The minimum absolute atomic E-state index is 0.401. The van der Waals surface area contributed by atoms with Crippen molar-refractivity contribution in [2.45, 2.75) is 19.1 Å². The summed E-state index contributed by atoms with van der Waals surface area (Å²) in [5, 5.41) is 9.05. The Bertz CT molecular complexity index is 452. The number of nitrogens with zero attached hydrogens (tertiary/aromatic N) is 1. The molecule has 0 aliphatic carbocycles. The molecule has 2 unspecified atom stereocenters. The van der Waals surface area contributed by atoms with Crippen LogP contribution >= 0.6 is 0 Å². The molecule has 1 heterocycles. The number of aliphatic imine (C=N–C) groups is 1. The van der Waals surface area contributed by atoms with E-state index in [1.807, 2.05) is 0 Å². The van der Waals surface area contributed by atoms with Gasteiger partial charge in [0.25, 0.3) is 0 Å². The molecular formula is C12H13NO4. The molecule has 0 saturated carbocycles. The highest BCUT2D eigenvalue weighted by molar-refractivity contribution is 5.84. The number of ether oxygens (including phenoxy) is 2. The minimum atomic E-state index is -0.984. The highest BCUT2D eigenvalue weighted by Crippen LogP contribution is 2.30. The van der Waals surface area contributed by atoms with Crippen LogP contribution in [0.25, 0.3) is 0 Å². The lowest BCUT2D eigenvalue weighted by atomic mass is 10.0. The molecule has 1 aromatic carbocycles. The molecule has 2 rings (SSSR count). The molecule has 5 nitrogen and oxygen atoms in total. The third-order valence-corrected chi connectivity index (χ3v) is 2.60. The van der Waals surface area contributed by atoms with Gasteiger partial charge in [0.05, 0.1) is 7.11 Å². The van der Waals surface area contributed by atoms with Crippen molar-refractivity contribution >= 4 is 11.9 Å². The zero-order chi connectivity index (χ0) is 12.4. The van der Waals surface area contributed by atoms with Crippen LogP contribution in [0.15, 0.2) is 29.3 Å². The van der Waals surface area contributed by atoms with E-state index < -0.39 is 18.1 Å². The van der Waals surface area contributed by atoms with E-state index in [4.69, 9.17) is 14.6 Å². The number of aliphatic carboxylic acids is 1. The number of rotatable bonds is 3. The molecule has 1 aromatic rings. The summed E-state index contributed by atoms with van der Waals surface area (Å²) in [6, 6.07) is 6.24. The second-order valence-electron chi connectivity index (χ2n) is 3.74. The molecule has 5 heteroatoms. The van der Waals surface area contributed by atoms with Gasteiger partial charge in [0.15, 0.2) is 18.0 Å². The van der Waals surface area contributed by atoms with Crippen LogP contribution in [0.4, 0.5) is 0 Å². The SMILES string of the molecule is COc1ccc(C2OC(C)=NC2C(=O)O)cc1. The van der Waals surface area contributed by atoms with E-state index in [0.717, 1.165) is 11.3 Å². The molecule has 2 atom stereocenters. The van der Waals surface area contributed by atoms with E-state index in [-0.39, 0.29) is 0 Å².